The third-order valence-corrected chi connectivity index (χ3v) is 4.68. The minimum Gasteiger partial charge on any atom is -0.444 e. The average molecular weight is 394 g/mol. The summed E-state index contributed by atoms with van der Waals surface area (Å²) in [5.41, 5.74) is 1.36. The molecule has 0 unspecified atom stereocenters. The van der Waals surface area contributed by atoms with Gasteiger partial charge < -0.3 is 15.4 Å². The fourth-order valence-corrected chi connectivity index (χ4v) is 3.32. The van der Waals surface area contributed by atoms with Crippen molar-refractivity contribution in [2.75, 3.05) is 23.4 Å². The molecule has 2 N–H and O–H groups in total. The van der Waals surface area contributed by atoms with E-state index in [4.69, 9.17) is 4.74 Å². The SMILES string of the molecule is CC(C)(C)OC(=O)NCCSCC(=O)Nc1nc(-c2ccccc2)cs1. The van der Waals surface area contributed by atoms with E-state index in [1.54, 1.807) is 0 Å². The van der Waals surface area contributed by atoms with E-state index in [-0.39, 0.29) is 5.91 Å². The Labute approximate surface area is 161 Å². The molecule has 0 aliphatic rings. The van der Waals surface area contributed by atoms with Crippen molar-refractivity contribution in [3.05, 3.63) is 35.7 Å². The fourth-order valence-electron chi connectivity index (χ4n) is 1.93. The zero-order valence-electron chi connectivity index (χ0n) is 15.1. The highest BCUT2D eigenvalue weighted by Gasteiger charge is 2.15. The van der Waals surface area contributed by atoms with Crippen LogP contribution in [0.1, 0.15) is 20.8 Å². The number of alkyl carbamates (subject to hydrolysis) is 1. The van der Waals surface area contributed by atoms with Gasteiger partial charge in [0.15, 0.2) is 5.13 Å². The van der Waals surface area contributed by atoms with Crippen LogP contribution >= 0.6 is 23.1 Å². The summed E-state index contributed by atoms with van der Waals surface area (Å²) in [5.74, 6) is 0.817. The Bertz CT molecular complexity index is 727. The lowest BCUT2D eigenvalue weighted by atomic mass is 10.2. The molecule has 1 aromatic carbocycles. The number of amides is 2. The molecule has 1 heterocycles. The van der Waals surface area contributed by atoms with E-state index in [2.05, 4.69) is 15.6 Å². The van der Waals surface area contributed by atoms with E-state index in [1.165, 1.54) is 23.1 Å². The van der Waals surface area contributed by atoms with Gasteiger partial charge in [0.1, 0.15) is 5.60 Å². The molecule has 140 valence electrons. The molecule has 6 nitrogen and oxygen atoms in total. The van der Waals surface area contributed by atoms with Gasteiger partial charge in [0.2, 0.25) is 5.91 Å². The third-order valence-electron chi connectivity index (χ3n) is 2.97. The van der Waals surface area contributed by atoms with Crippen LogP contribution in [0.4, 0.5) is 9.93 Å². The van der Waals surface area contributed by atoms with Crippen LogP contribution in [0, 0.1) is 0 Å². The van der Waals surface area contributed by atoms with Gasteiger partial charge in [0.05, 0.1) is 11.4 Å². The van der Waals surface area contributed by atoms with Crippen molar-refractivity contribution in [1.82, 2.24) is 10.3 Å². The van der Waals surface area contributed by atoms with Crippen molar-refractivity contribution in [3.63, 3.8) is 0 Å². The zero-order valence-corrected chi connectivity index (χ0v) is 16.7. The first-order chi connectivity index (χ1) is 12.3. The Morgan fingerprint density at radius 2 is 1.96 bits per heavy atom. The fraction of sp³-hybridized carbons (Fsp3) is 0.389. The van der Waals surface area contributed by atoms with Crippen molar-refractivity contribution in [1.29, 1.82) is 0 Å². The number of aromatic nitrogens is 1. The quantitative estimate of drug-likeness (QED) is 0.695. The molecule has 0 fully saturated rings. The van der Waals surface area contributed by atoms with Crippen LogP contribution in [-0.4, -0.2) is 40.6 Å². The van der Waals surface area contributed by atoms with Crippen LogP contribution in [0.2, 0.25) is 0 Å². The number of anilines is 1. The first-order valence-corrected chi connectivity index (χ1v) is 10.2. The number of thiazole rings is 1. The minimum absolute atomic E-state index is 0.110. The van der Waals surface area contributed by atoms with Crippen LogP contribution in [0.25, 0.3) is 11.3 Å². The lowest BCUT2D eigenvalue weighted by molar-refractivity contribution is -0.113. The van der Waals surface area contributed by atoms with Crippen LogP contribution < -0.4 is 10.6 Å². The monoisotopic (exact) mass is 393 g/mol. The van der Waals surface area contributed by atoms with Gasteiger partial charge >= 0.3 is 6.09 Å². The minimum atomic E-state index is -0.510. The molecule has 0 spiro atoms. The number of hydrogen-bond donors (Lipinski definition) is 2. The first-order valence-electron chi connectivity index (χ1n) is 8.19. The van der Waals surface area contributed by atoms with Crippen molar-refractivity contribution >= 4 is 40.2 Å². The second kappa shape index (κ2) is 9.59. The van der Waals surface area contributed by atoms with Gasteiger partial charge in [0, 0.05) is 23.2 Å². The maximum absolute atomic E-state index is 12.0. The molecule has 0 saturated carbocycles. The number of hydrogen-bond acceptors (Lipinski definition) is 6. The summed E-state index contributed by atoms with van der Waals surface area (Å²) in [5, 5.41) is 7.96. The molecule has 1 aromatic heterocycles. The van der Waals surface area contributed by atoms with E-state index in [1.807, 2.05) is 56.5 Å². The molecule has 0 aliphatic heterocycles. The second-order valence-electron chi connectivity index (χ2n) is 6.43. The maximum atomic E-state index is 12.0. The summed E-state index contributed by atoms with van der Waals surface area (Å²) >= 11 is 2.84. The lowest BCUT2D eigenvalue weighted by Crippen LogP contribution is -2.33. The summed E-state index contributed by atoms with van der Waals surface area (Å²) in [7, 11) is 0. The standard InChI is InChI=1S/C18H23N3O3S2/c1-18(2,3)24-17(23)19-9-10-25-12-15(22)21-16-20-14(11-26-16)13-7-5-4-6-8-13/h4-8,11H,9-10,12H2,1-3H3,(H,19,23)(H,20,21,22). The number of benzene rings is 1. The molecule has 0 bridgehead atoms. The zero-order chi connectivity index (χ0) is 19.0. The lowest BCUT2D eigenvalue weighted by Gasteiger charge is -2.19. The highest BCUT2D eigenvalue weighted by atomic mass is 32.2. The Morgan fingerprint density at radius 1 is 1.23 bits per heavy atom. The summed E-state index contributed by atoms with van der Waals surface area (Å²) in [6, 6.07) is 9.82. The molecule has 26 heavy (non-hydrogen) atoms. The largest absolute Gasteiger partial charge is 0.444 e. The normalized spacial score (nSPS) is 11.0. The average Bonchev–Trinajstić information content (AvgIpc) is 3.02. The second-order valence-corrected chi connectivity index (χ2v) is 8.40. The summed E-state index contributed by atoms with van der Waals surface area (Å²) < 4.78 is 5.14. The van der Waals surface area contributed by atoms with Crippen LogP contribution in [0.5, 0.6) is 0 Å². The summed E-state index contributed by atoms with van der Waals surface area (Å²) in [4.78, 5) is 27.9. The smallest absolute Gasteiger partial charge is 0.407 e. The van der Waals surface area contributed by atoms with Gasteiger partial charge in [-0.25, -0.2) is 9.78 Å². The van der Waals surface area contributed by atoms with Crippen molar-refractivity contribution in [3.8, 4) is 11.3 Å². The van der Waals surface area contributed by atoms with Crippen molar-refractivity contribution in [2.45, 2.75) is 26.4 Å². The molecule has 8 heteroatoms. The number of thioether (sulfide) groups is 1. The Hall–Kier alpha value is -2.06. The topological polar surface area (TPSA) is 80.3 Å². The van der Waals surface area contributed by atoms with Gasteiger partial charge in [-0.15, -0.1) is 11.3 Å². The van der Waals surface area contributed by atoms with E-state index in [0.29, 0.717) is 23.2 Å². The molecule has 0 radical (unpaired) electrons. The number of carbonyl (C=O) groups is 2. The Kier molecular flexibility index (Phi) is 7.47. The highest BCUT2D eigenvalue weighted by molar-refractivity contribution is 7.99. The summed E-state index contributed by atoms with van der Waals surface area (Å²) in [6.07, 6.45) is -0.446. The van der Waals surface area contributed by atoms with E-state index in [0.717, 1.165) is 11.3 Å². The van der Waals surface area contributed by atoms with Crippen LogP contribution in [-0.2, 0) is 9.53 Å². The predicted molar refractivity (Wildman–Crippen MR) is 108 cm³/mol. The summed E-state index contributed by atoms with van der Waals surface area (Å²) in [6.45, 7) is 5.89. The van der Waals surface area contributed by atoms with E-state index in [9.17, 15) is 9.59 Å². The van der Waals surface area contributed by atoms with Gasteiger partial charge in [-0.2, -0.15) is 11.8 Å². The van der Waals surface area contributed by atoms with Gasteiger partial charge in [0.25, 0.3) is 0 Å². The molecule has 0 aliphatic carbocycles. The molecule has 2 amide bonds. The molecule has 0 saturated heterocycles. The molecular formula is C18H23N3O3S2. The maximum Gasteiger partial charge on any atom is 0.407 e. The van der Waals surface area contributed by atoms with Gasteiger partial charge in [-0.1, -0.05) is 30.3 Å². The molecule has 0 atom stereocenters. The highest BCUT2D eigenvalue weighted by Crippen LogP contribution is 2.24. The Balaban J connectivity index is 1.65. The van der Waals surface area contributed by atoms with Crippen molar-refractivity contribution < 1.29 is 14.3 Å². The first kappa shape index (κ1) is 20.3. The number of carbonyl (C=O) groups excluding carboxylic acids is 2. The van der Waals surface area contributed by atoms with Gasteiger partial charge in [-0.3, -0.25) is 4.79 Å². The predicted octanol–water partition coefficient (Wildman–Crippen LogP) is 4.01. The van der Waals surface area contributed by atoms with E-state index < -0.39 is 11.7 Å². The molecular weight excluding hydrogens is 370 g/mol. The van der Waals surface area contributed by atoms with E-state index >= 15 is 0 Å². The third kappa shape index (κ3) is 7.45. The van der Waals surface area contributed by atoms with Gasteiger partial charge in [-0.05, 0) is 20.8 Å². The van der Waals surface area contributed by atoms with Crippen LogP contribution in [0.3, 0.4) is 0 Å². The van der Waals surface area contributed by atoms with Crippen LogP contribution in [0.15, 0.2) is 35.7 Å². The number of ether oxygens (including phenoxy) is 1. The number of nitrogens with zero attached hydrogens (tertiary/aromatic N) is 1. The van der Waals surface area contributed by atoms with Crippen molar-refractivity contribution in [2.24, 2.45) is 0 Å². The Morgan fingerprint density at radius 3 is 2.65 bits per heavy atom. The number of rotatable bonds is 7. The molecule has 2 rings (SSSR count). The number of nitrogens with one attached hydrogen (secondary N) is 2. The molecule has 2 aromatic rings.